The Balaban J connectivity index is 2.29. The lowest BCUT2D eigenvalue weighted by atomic mass is 10.1. The lowest BCUT2D eigenvalue weighted by Gasteiger charge is -2.35. The van der Waals surface area contributed by atoms with Crippen LogP contribution in [0.1, 0.15) is 24.0 Å². The van der Waals surface area contributed by atoms with Crippen LogP contribution in [0.4, 0.5) is 0 Å². The molecule has 0 saturated heterocycles. The predicted molar refractivity (Wildman–Crippen MR) is 173 cm³/mol. The fourth-order valence-corrected chi connectivity index (χ4v) is 5.09. The number of nitrogens with zero attached hydrogens (tertiary/aromatic N) is 3. The van der Waals surface area contributed by atoms with Crippen molar-refractivity contribution >= 4 is 35.8 Å². The lowest BCUT2D eigenvalue weighted by molar-refractivity contribution is -0.151. The SMILES string of the molecule is O=C(O)CCC(C(=O)O)N(CCN(CC(=O)O)C(COCc1ccccc1)C(=O)O)CCN(CC(=O)O)C(COCc1ccccc1)C(=O)O. The van der Waals surface area contributed by atoms with Crippen LogP contribution < -0.4 is 0 Å². The third-order valence-corrected chi connectivity index (χ3v) is 7.61. The fourth-order valence-electron chi connectivity index (χ4n) is 5.09. The summed E-state index contributed by atoms with van der Waals surface area (Å²) >= 11 is 0. The van der Waals surface area contributed by atoms with Crippen molar-refractivity contribution in [2.24, 2.45) is 0 Å². The fraction of sp³-hybridized carbons (Fsp3) is 0.455. The zero-order valence-electron chi connectivity index (χ0n) is 27.3. The molecule has 0 aromatic heterocycles. The number of carbonyl (C=O) groups is 6. The van der Waals surface area contributed by atoms with Crippen LogP contribution in [0.3, 0.4) is 0 Å². The molecule has 3 atom stereocenters. The molecule has 0 amide bonds. The summed E-state index contributed by atoms with van der Waals surface area (Å²) in [5.74, 6) is -8.29. The van der Waals surface area contributed by atoms with Gasteiger partial charge in [0.15, 0.2) is 0 Å². The summed E-state index contributed by atoms with van der Waals surface area (Å²) in [6, 6.07) is 13.2. The van der Waals surface area contributed by atoms with E-state index in [4.69, 9.17) is 9.47 Å². The van der Waals surface area contributed by atoms with Crippen LogP contribution in [0.15, 0.2) is 60.7 Å². The molecule has 0 aliphatic rings. The molecule has 0 bridgehead atoms. The first-order valence-corrected chi connectivity index (χ1v) is 15.6. The van der Waals surface area contributed by atoms with Crippen molar-refractivity contribution < 1.29 is 68.9 Å². The lowest BCUT2D eigenvalue weighted by Crippen LogP contribution is -2.54. The van der Waals surface area contributed by atoms with E-state index in [1.807, 2.05) is 0 Å². The van der Waals surface area contributed by atoms with Crippen LogP contribution in [0.5, 0.6) is 0 Å². The van der Waals surface area contributed by atoms with E-state index < -0.39 is 93.1 Å². The molecule has 0 heterocycles. The third-order valence-electron chi connectivity index (χ3n) is 7.61. The topological polar surface area (TPSA) is 252 Å². The molecule has 2 aromatic carbocycles. The van der Waals surface area contributed by atoms with Gasteiger partial charge in [-0.1, -0.05) is 60.7 Å². The minimum atomic E-state index is -1.49. The number of ether oxygens (including phenoxy) is 2. The second kappa shape index (κ2) is 21.9. The molecule has 0 radical (unpaired) electrons. The highest BCUT2D eigenvalue weighted by atomic mass is 16.5. The van der Waals surface area contributed by atoms with Crippen molar-refractivity contribution in [2.45, 2.75) is 44.2 Å². The van der Waals surface area contributed by atoms with Gasteiger partial charge in [0.05, 0.1) is 39.5 Å². The Morgan fingerprint density at radius 1 is 0.500 bits per heavy atom. The van der Waals surface area contributed by atoms with Gasteiger partial charge in [0.1, 0.15) is 18.1 Å². The molecule has 2 rings (SSSR count). The molecule has 17 heteroatoms. The molecule has 17 nitrogen and oxygen atoms in total. The largest absolute Gasteiger partial charge is 0.481 e. The number of hydrogen-bond acceptors (Lipinski definition) is 11. The quantitative estimate of drug-likeness (QED) is 0.0749. The van der Waals surface area contributed by atoms with E-state index in [9.17, 15) is 59.4 Å². The van der Waals surface area contributed by atoms with Crippen LogP contribution in [-0.2, 0) is 51.5 Å². The number of benzene rings is 2. The van der Waals surface area contributed by atoms with Gasteiger partial charge in [-0.3, -0.25) is 43.5 Å². The monoisotopic (exact) mass is 705 g/mol. The van der Waals surface area contributed by atoms with Crippen molar-refractivity contribution in [3.63, 3.8) is 0 Å². The molecular weight excluding hydrogens is 662 g/mol. The number of rotatable bonds is 27. The van der Waals surface area contributed by atoms with Gasteiger partial charge in [-0.05, 0) is 17.5 Å². The van der Waals surface area contributed by atoms with Gasteiger partial charge in [-0.25, -0.2) is 0 Å². The highest BCUT2D eigenvalue weighted by Gasteiger charge is 2.33. The Morgan fingerprint density at radius 3 is 1.18 bits per heavy atom. The maximum absolute atomic E-state index is 12.4. The zero-order chi connectivity index (χ0) is 37.1. The molecule has 0 spiro atoms. The maximum atomic E-state index is 12.4. The Hall–Kier alpha value is -4.94. The normalized spacial score (nSPS) is 13.2. The van der Waals surface area contributed by atoms with Gasteiger partial charge in [0, 0.05) is 32.6 Å². The summed E-state index contributed by atoms with van der Waals surface area (Å²) in [6.07, 6.45) is -0.977. The molecule has 0 saturated carbocycles. The van der Waals surface area contributed by atoms with Gasteiger partial charge >= 0.3 is 35.8 Å². The van der Waals surface area contributed by atoms with E-state index in [0.29, 0.717) is 0 Å². The minimum absolute atomic E-state index is 0.0349. The number of aliphatic carboxylic acids is 6. The number of hydrogen-bond donors (Lipinski definition) is 6. The van der Waals surface area contributed by atoms with Gasteiger partial charge in [0.25, 0.3) is 0 Å². The van der Waals surface area contributed by atoms with E-state index >= 15 is 0 Å². The van der Waals surface area contributed by atoms with E-state index in [1.54, 1.807) is 60.7 Å². The van der Waals surface area contributed by atoms with Gasteiger partial charge in [-0.2, -0.15) is 0 Å². The Labute approximate surface area is 287 Å². The third kappa shape index (κ3) is 15.5. The standard InChI is InChI=1S/C33H43N3O14/c37-28(38)12-11-25(31(43)44)34(13-15-35(17-29(39)40)26(32(45)46)21-49-19-23-7-3-1-4-8-23)14-16-36(18-30(41)42)27(33(47)48)22-50-20-24-9-5-2-6-10-24/h1-10,25-27H,11-22H2,(H,37,38)(H,39,40)(H,41,42)(H,43,44)(H,45,46)(H,47,48). The molecule has 3 unspecified atom stereocenters. The Kier molecular flexibility index (Phi) is 18.1. The molecular formula is C33H43N3O14. The second-order valence-electron chi connectivity index (χ2n) is 11.3. The van der Waals surface area contributed by atoms with Crippen LogP contribution in [-0.4, -0.2) is 152 Å². The number of carboxylic acid groups (broad SMARTS) is 6. The molecule has 0 aliphatic carbocycles. The van der Waals surface area contributed by atoms with Crippen molar-refractivity contribution in [3.05, 3.63) is 71.8 Å². The van der Waals surface area contributed by atoms with Crippen LogP contribution in [0.25, 0.3) is 0 Å². The highest BCUT2D eigenvalue weighted by molar-refractivity contribution is 5.77. The highest BCUT2D eigenvalue weighted by Crippen LogP contribution is 2.13. The Morgan fingerprint density at radius 2 is 0.860 bits per heavy atom. The van der Waals surface area contributed by atoms with E-state index in [2.05, 4.69) is 0 Å². The second-order valence-corrected chi connectivity index (χ2v) is 11.3. The average molecular weight is 706 g/mol. The molecule has 6 N–H and O–H groups in total. The summed E-state index contributed by atoms with van der Waals surface area (Å²) in [5, 5.41) is 58.3. The van der Waals surface area contributed by atoms with Crippen molar-refractivity contribution in [1.29, 1.82) is 0 Å². The summed E-state index contributed by atoms with van der Waals surface area (Å²) in [5.41, 5.74) is 1.48. The van der Waals surface area contributed by atoms with Crippen molar-refractivity contribution in [3.8, 4) is 0 Å². The molecule has 0 aliphatic heterocycles. The summed E-state index contributed by atoms with van der Waals surface area (Å²) in [4.78, 5) is 75.1. The molecule has 2 aromatic rings. The van der Waals surface area contributed by atoms with E-state index in [-0.39, 0.29) is 39.4 Å². The van der Waals surface area contributed by atoms with Crippen molar-refractivity contribution in [2.75, 3.05) is 52.5 Å². The van der Waals surface area contributed by atoms with Crippen molar-refractivity contribution in [1.82, 2.24) is 14.7 Å². The van der Waals surface area contributed by atoms with Gasteiger partial charge < -0.3 is 40.1 Å². The first-order valence-electron chi connectivity index (χ1n) is 15.6. The van der Waals surface area contributed by atoms with E-state index in [0.717, 1.165) is 20.9 Å². The van der Waals surface area contributed by atoms with Crippen LogP contribution in [0.2, 0.25) is 0 Å². The van der Waals surface area contributed by atoms with Gasteiger partial charge in [0.2, 0.25) is 0 Å². The maximum Gasteiger partial charge on any atom is 0.323 e. The van der Waals surface area contributed by atoms with Crippen LogP contribution in [0, 0.1) is 0 Å². The first kappa shape index (κ1) is 41.2. The number of carboxylic acids is 6. The summed E-state index contributed by atoms with van der Waals surface area (Å²) in [7, 11) is 0. The van der Waals surface area contributed by atoms with Gasteiger partial charge in [-0.15, -0.1) is 0 Å². The van der Waals surface area contributed by atoms with Crippen LogP contribution >= 0.6 is 0 Å². The summed E-state index contributed by atoms with van der Waals surface area (Å²) in [6.45, 7) is -3.60. The smallest absolute Gasteiger partial charge is 0.323 e. The average Bonchev–Trinajstić information content (AvgIpc) is 3.05. The predicted octanol–water partition coefficient (Wildman–Crippen LogP) is 0.720. The zero-order valence-corrected chi connectivity index (χ0v) is 27.3. The first-order chi connectivity index (χ1) is 23.8. The Bertz CT molecular complexity index is 1310. The molecule has 0 fully saturated rings. The summed E-state index contributed by atoms with van der Waals surface area (Å²) < 4.78 is 11.1. The minimum Gasteiger partial charge on any atom is -0.481 e. The molecule has 50 heavy (non-hydrogen) atoms. The molecule has 274 valence electrons. The van der Waals surface area contributed by atoms with E-state index in [1.165, 1.54) is 4.90 Å².